The van der Waals surface area contributed by atoms with E-state index >= 15 is 0 Å². The van der Waals surface area contributed by atoms with Gasteiger partial charge in [-0.3, -0.25) is 4.79 Å². The van der Waals surface area contributed by atoms with E-state index in [2.05, 4.69) is 16.0 Å². The maximum atomic E-state index is 12.8. The number of thiocarbonyl (C=S) groups is 1. The average Bonchev–Trinajstić information content (AvgIpc) is 2.54. The number of phenolic OH excluding ortho intramolecular Hbond substituents is 2. The molecule has 7 heteroatoms. The summed E-state index contributed by atoms with van der Waals surface area (Å²) >= 11 is 5.18. The molecule has 1 unspecified atom stereocenters. The minimum atomic E-state index is -0.641. The second-order valence-corrected chi connectivity index (χ2v) is 6.04. The van der Waals surface area contributed by atoms with Gasteiger partial charge in [0.05, 0.1) is 11.6 Å². The van der Waals surface area contributed by atoms with Crippen LogP contribution in [0.15, 0.2) is 59.8 Å². The lowest BCUT2D eigenvalue weighted by Gasteiger charge is -2.30. The van der Waals surface area contributed by atoms with Crippen LogP contribution >= 0.6 is 12.2 Å². The molecular formula is C18H17N3O3S. The van der Waals surface area contributed by atoms with E-state index in [1.807, 2.05) is 18.2 Å². The van der Waals surface area contributed by atoms with E-state index in [4.69, 9.17) is 12.2 Å². The maximum Gasteiger partial charge on any atom is 0.255 e. The fourth-order valence-electron chi connectivity index (χ4n) is 2.72. The van der Waals surface area contributed by atoms with Gasteiger partial charge in [-0.2, -0.15) is 0 Å². The third kappa shape index (κ3) is 3.56. The summed E-state index contributed by atoms with van der Waals surface area (Å²) in [5.41, 5.74) is 2.10. The molecule has 1 heterocycles. The Hall–Kier alpha value is -3.06. The van der Waals surface area contributed by atoms with Gasteiger partial charge in [0, 0.05) is 23.0 Å². The van der Waals surface area contributed by atoms with Gasteiger partial charge in [0.15, 0.2) is 5.11 Å². The van der Waals surface area contributed by atoms with E-state index in [9.17, 15) is 15.0 Å². The van der Waals surface area contributed by atoms with Crippen molar-refractivity contribution >= 4 is 28.9 Å². The zero-order chi connectivity index (χ0) is 18.0. The number of hydrogen-bond donors (Lipinski definition) is 5. The highest BCUT2D eigenvalue weighted by molar-refractivity contribution is 7.80. The van der Waals surface area contributed by atoms with Crippen molar-refractivity contribution in [2.24, 2.45) is 0 Å². The Morgan fingerprint density at radius 2 is 1.88 bits per heavy atom. The number of hydrogen-bond acceptors (Lipinski definition) is 4. The van der Waals surface area contributed by atoms with Crippen LogP contribution in [-0.4, -0.2) is 21.2 Å². The first-order valence-corrected chi connectivity index (χ1v) is 8.03. The van der Waals surface area contributed by atoms with Crippen molar-refractivity contribution < 1.29 is 15.0 Å². The monoisotopic (exact) mass is 355 g/mol. The fraction of sp³-hybridized carbons (Fsp3) is 0.111. The predicted octanol–water partition coefficient (Wildman–Crippen LogP) is 2.53. The number of carbonyl (C=O) groups excluding carboxylic acids is 1. The first-order chi connectivity index (χ1) is 12.0. The SMILES string of the molecule is CC1=C(C(=O)Nc2ccccc2)C(c2ccc(O)cc2O)NC(=S)N1. The molecule has 5 N–H and O–H groups in total. The quantitative estimate of drug-likeness (QED) is 0.543. The molecule has 2 aromatic carbocycles. The molecule has 6 nitrogen and oxygen atoms in total. The summed E-state index contributed by atoms with van der Waals surface area (Å²) in [6.07, 6.45) is 0. The second kappa shape index (κ2) is 6.82. The Labute approximate surface area is 150 Å². The first kappa shape index (κ1) is 16.8. The number of amides is 1. The molecule has 1 aliphatic rings. The minimum Gasteiger partial charge on any atom is -0.508 e. The van der Waals surface area contributed by atoms with E-state index in [1.54, 1.807) is 25.1 Å². The van der Waals surface area contributed by atoms with Crippen LogP contribution in [-0.2, 0) is 4.79 Å². The Balaban J connectivity index is 1.99. The van der Waals surface area contributed by atoms with Crippen LogP contribution in [0, 0.1) is 0 Å². The van der Waals surface area contributed by atoms with E-state index in [0.717, 1.165) is 0 Å². The molecule has 3 rings (SSSR count). The Morgan fingerprint density at radius 1 is 1.16 bits per heavy atom. The number of phenols is 2. The molecule has 1 atom stereocenters. The summed E-state index contributed by atoms with van der Waals surface area (Å²) in [5, 5.41) is 28.8. The van der Waals surface area contributed by atoms with Crippen LogP contribution in [0.2, 0.25) is 0 Å². The summed E-state index contributed by atoms with van der Waals surface area (Å²) in [4.78, 5) is 12.8. The van der Waals surface area contributed by atoms with Crippen molar-refractivity contribution in [2.45, 2.75) is 13.0 Å². The van der Waals surface area contributed by atoms with Crippen LogP contribution in [0.3, 0.4) is 0 Å². The summed E-state index contributed by atoms with van der Waals surface area (Å²) in [5.74, 6) is -0.502. The van der Waals surface area contributed by atoms with Crippen molar-refractivity contribution in [1.29, 1.82) is 0 Å². The van der Waals surface area contributed by atoms with Crippen molar-refractivity contribution in [1.82, 2.24) is 10.6 Å². The van der Waals surface area contributed by atoms with Gasteiger partial charge in [-0.15, -0.1) is 0 Å². The number of para-hydroxylation sites is 1. The third-order valence-corrected chi connectivity index (χ3v) is 4.09. The molecule has 128 valence electrons. The van der Waals surface area contributed by atoms with E-state index in [1.165, 1.54) is 12.1 Å². The minimum absolute atomic E-state index is 0.0613. The number of allylic oxidation sites excluding steroid dienone is 1. The molecule has 0 bridgehead atoms. The summed E-state index contributed by atoms with van der Waals surface area (Å²) < 4.78 is 0. The average molecular weight is 355 g/mol. The van der Waals surface area contributed by atoms with Crippen molar-refractivity contribution in [3.8, 4) is 11.5 Å². The van der Waals surface area contributed by atoms with Gasteiger partial charge in [0.25, 0.3) is 5.91 Å². The third-order valence-electron chi connectivity index (χ3n) is 3.87. The highest BCUT2D eigenvalue weighted by Crippen LogP contribution is 2.34. The lowest BCUT2D eigenvalue weighted by molar-refractivity contribution is -0.113. The van der Waals surface area contributed by atoms with Crippen LogP contribution in [0.1, 0.15) is 18.5 Å². The van der Waals surface area contributed by atoms with E-state index < -0.39 is 6.04 Å². The lowest BCUT2D eigenvalue weighted by Crippen LogP contribution is -2.45. The highest BCUT2D eigenvalue weighted by atomic mass is 32.1. The van der Waals surface area contributed by atoms with Gasteiger partial charge in [0.1, 0.15) is 11.5 Å². The number of nitrogens with one attached hydrogen (secondary N) is 3. The topological polar surface area (TPSA) is 93.6 Å². The number of anilines is 1. The van der Waals surface area contributed by atoms with E-state index in [-0.39, 0.29) is 17.4 Å². The number of aromatic hydroxyl groups is 2. The van der Waals surface area contributed by atoms with Crippen LogP contribution in [0.4, 0.5) is 5.69 Å². The molecule has 0 saturated carbocycles. The zero-order valence-corrected chi connectivity index (χ0v) is 14.2. The number of benzene rings is 2. The van der Waals surface area contributed by atoms with Crippen LogP contribution in [0.25, 0.3) is 0 Å². The van der Waals surface area contributed by atoms with Gasteiger partial charge < -0.3 is 26.2 Å². The van der Waals surface area contributed by atoms with Gasteiger partial charge in [-0.05, 0) is 43.4 Å². The molecule has 0 aromatic heterocycles. The van der Waals surface area contributed by atoms with Crippen molar-refractivity contribution in [2.75, 3.05) is 5.32 Å². The normalized spacial score (nSPS) is 16.8. The second-order valence-electron chi connectivity index (χ2n) is 5.63. The van der Waals surface area contributed by atoms with Crippen LogP contribution < -0.4 is 16.0 Å². The first-order valence-electron chi connectivity index (χ1n) is 7.62. The Bertz CT molecular complexity index is 865. The number of rotatable bonds is 3. The van der Waals surface area contributed by atoms with Crippen LogP contribution in [0.5, 0.6) is 11.5 Å². The molecule has 2 aromatic rings. The van der Waals surface area contributed by atoms with Gasteiger partial charge in [-0.25, -0.2) is 0 Å². The Kier molecular flexibility index (Phi) is 4.58. The van der Waals surface area contributed by atoms with Crippen molar-refractivity contribution in [3.05, 3.63) is 65.4 Å². The molecule has 1 aliphatic heterocycles. The predicted molar refractivity (Wildman–Crippen MR) is 99.2 cm³/mol. The van der Waals surface area contributed by atoms with E-state index in [0.29, 0.717) is 27.6 Å². The van der Waals surface area contributed by atoms with Gasteiger partial charge in [0.2, 0.25) is 0 Å². The smallest absolute Gasteiger partial charge is 0.255 e. The molecular weight excluding hydrogens is 338 g/mol. The summed E-state index contributed by atoms with van der Waals surface area (Å²) in [6, 6.07) is 12.7. The molecule has 0 saturated heterocycles. The molecule has 0 fully saturated rings. The molecule has 0 spiro atoms. The number of carbonyl (C=O) groups is 1. The lowest BCUT2D eigenvalue weighted by atomic mass is 9.94. The van der Waals surface area contributed by atoms with Gasteiger partial charge in [-0.1, -0.05) is 18.2 Å². The summed E-state index contributed by atoms with van der Waals surface area (Å²) in [7, 11) is 0. The van der Waals surface area contributed by atoms with Gasteiger partial charge >= 0.3 is 0 Å². The standard InChI is InChI=1S/C18H17N3O3S/c1-10-15(17(24)20-11-5-3-2-4-6-11)16(21-18(25)19-10)13-8-7-12(22)9-14(13)23/h2-9,16,22-23H,1H3,(H,20,24)(H2,19,21,25). The zero-order valence-electron chi connectivity index (χ0n) is 13.4. The largest absolute Gasteiger partial charge is 0.508 e. The molecule has 25 heavy (non-hydrogen) atoms. The van der Waals surface area contributed by atoms with Crippen molar-refractivity contribution in [3.63, 3.8) is 0 Å². The molecule has 0 radical (unpaired) electrons. The fourth-order valence-corrected chi connectivity index (χ4v) is 3.00. The molecule has 1 amide bonds. The Morgan fingerprint density at radius 3 is 2.56 bits per heavy atom. The molecule has 0 aliphatic carbocycles. The summed E-state index contributed by atoms with van der Waals surface area (Å²) in [6.45, 7) is 1.75. The highest BCUT2D eigenvalue weighted by Gasteiger charge is 2.31. The maximum absolute atomic E-state index is 12.8.